The number of aromatic nitrogens is 4. The lowest BCUT2D eigenvalue weighted by Gasteiger charge is -2.16. The predicted molar refractivity (Wildman–Crippen MR) is 99.2 cm³/mol. The Bertz CT molecular complexity index is 924. The summed E-state index contributed by atoms with van der Waals surface area (Å²) in [6.07, 6.45) is -4.46. The first kappa shape index (κ1) is 19.8. The number of benzene rings is 2. The van der Waals surface area contributed by atoms with E-state index in [1.807, 2.05) is 32.0 Å². The normalized spacial score (nSPS) is 13.9. The molecule has 0 spiro atoms. The molecule has 1 heterocycles. The smallest absolute Gasteiger partial charge is 0.379 e. The van der Waals surface area contributed by atoms with E-state index >= 15 is 0 Å². The largest absolute Gasteiger partial charge is 0.416 e. The number of para-hydroxylation sites is 1. The first-order valence-electron chi connectivity index (χ1n) is 8.65. The third-order valence-electron chi connectivity index (χ3n) is 4.50. The van der Waals surface area contributed by atoms with Crippen molar-refractivity contribution in [1.29, 1.82) is 0 Å². The van der Waals surface area contributed by atoms with Gasteiger partial charge in [-0.3, -0.25) is 0 Å². The highest BCUT2D eigenvalue weighted by atomic mass is 19.4. The number of halogens is 3. The molecule has 0 fully saturated rings. The van der Waals surface area contributed by atoms with E-state index in [1.165, 1.54) is 16.9 Å². The van der Waals surface area contributed by atoms with Crippen LogP contribution in [-0.4, -0.2) is 33.4 Å². The molecule has 0 unspecified atom stereocenters. The molecule has 2 aromatic carbocycles. The summed E-state index contributed by atoms with van der Waals surface area (Å²) < 4.78 is 43.5. The second-order valence-electron chi connectivity index (χ2n) is 6.36. The third kappa shape index (κ3) is 4.30. The van der Waals surface area contributed by atoms with Crippen LogP contribution in [-0.2, 0) is 10.9 Å². The minimum absolute atomic E-state index is 0.0948. The van der Waals surface area contributed by atoms with Gasteiger partial charge >= 0.3 is 6.18 Å². The minimum atomic E-state index is -4.37. The Labute approximate surface area is 160 Å². The fourth-order valence-electron chi connectivity index (χ4n) is 2.58. The van der Waals surface area contributed by atoms with Gasteiger partial charge < -0.3 is 10.1 Å². The van der Waals surface area contributed by atoms with Crippen molar-refractivity contribution in [1.82, 2.24) is 20.2 Å². The first-order chi connectivity index (χ1) is 13.3. The average molecular weight is 391 g/mol. The van der Waals surface area contributed by atoms with Crippen molar-refractivity contribution in [2.75, 3.05) is 12.4 Å². The predicted octanol–water partition coefficient (Wildman–Crippen LogP) is 4.70. The van der Waals surface area contributed by atoms with Gasteiger partial charge in [-0.15, -0.1) is 10.2 Å². The van der Waals surface area contributed by atoms with Crippen molar-refractivity contribution in [2.24, 2.45) is 0 Å². The highest BCUT2D eigenvalue weighted by Gasteiger charge is 2.30. The Morgan fingerprint density at radius 3 is 2.36 bits per heavy atom. The number of hydrogen-bond acceptors (Lipinski definition) is 5. The molecule has 9 heteroatoms. The Balaban J connectivity index is 1.85. The lowest BCUT2D eigenvalue weighted by atomic mass is 10.1. The van der Waals surface area contributed by atoms with E-state index in [0.717, 1.165) is 12.1 Å². The zero-order valence-electron chi connectivity index (χ0n) is 15.6. The molecule has 1 N–H and O–H groups in total. The summed E-state index contributed by atoms with van der Waals surface area (Å²) in [7, 11) is 1.61. The molecule has 0 bridgehead atoms. The second kappa shape index (κ2) is 7.97. The summed E-state index contributed by atoms with van der Waals surface area (Å²) in [4.78, 5) is 1.48. The zero-order valence-corrected chi connectivity index (χ0v) is 15.6. The van der Waals surface area contributed by atoms with Crippen LogP contribution in [0.25, 0.3) is 11.4 Å². The van der Waals surface area contributed by atoms with E-state index < -0.39 is 11.7 Å². The number of rotatable bonds is 6. The summed E-state index contributed by atoms with van der Waals surface area (Å²) in [5, 5.41) is 15.7. The lowest BCUT2D eigenvalue weighted by Crippen LogP contribution is -2.22. The monoisotopic (exact) mass is 391 g/mol. The van der Waals surface area contributed by atoms with Gasteiger partial charge in [0.1, 0.15) is 0 Å². The molecule has 28 heavy (non-hydrogen) atoms. The lowest BCUT2D eigenvalue weighted by molar-refractivity contribution is -0.137. The van der Waals surface area contributed by atoms with Crippen LogP contribution < -0.4 is 5.32 Å². The first-order valence-corrected chi connectivity index (χ1v) is 8.65. The summed E-state index contributed by atoms with van der Waals surface area (Å²) in [5.41, 5.74) is 1.17. The number of nitrogens with zero attached hydrogens (tertiary/aromatic N) is 4. The highest BCUT2D eigenvalue weighted by molar-refractivity contribution is 5.77. The molecule has 3 rings (SSSR count). The number of hydrogen-bond donors (Lipinski definition) is 1. The van der Waals surface area contributed by atoms with Gasteiger partial charge in [-0.25, -0.2) is 0 Å². The highest BCUT2D eigenvalue weighted by Crippen LogP contribution is 2.32. The van der Waals surface area contributed by atoms with Crippen molar-refractivity contribution < 1.29 is 17.9 Å². The molecule has 0 amide bonds. The van der Waals surface area contributed by atoms with E-state index in [-0.39, 0.29) is 12.1 Å². The Morgan fingerprint density at radius 2 is 1.71 bits per heavy atom. The van der Waals surface area contributed by atoms with E-state index in [2.05, 4.69) is 20.7 Å². The number of alkyl halides is 3. The Hall–Kier alpha value is -2.94. The van der Waals surface area contributed by atoms with Crippen molar-refractivity contribution in [3.63, 3.8) is 0 Å². The molecule has 1 aromatic heterocycles. The summed E-state index contributed by atoms with van der Waals surface area (Å²) >= 11 is 0. The molecular formula is C19H20F3N5O. The van der Waals surface area contributed by atoms with Gasteiger partial charge in [0, 0.05) is 24.0 Å². The van der Waals surface area contributed by atoms with Gasteiger partial charge in [-0.1, -0.05) is 12.1 Å². The van der Waals surface area contributed by atoms with E-state index in [0.29, 0.717) is 22.8 Å². The van der Waals surface area contributed by atoms with Crippen LogP contribution in [0.5, 0.6) is 0 Å². The maximum absolute atomic E-state index is 12.7. The number of anilines is 2. The maximum Gasteiger partial charge on any atom is 0.416 e. The third-order valence-corrected chi connectivity index (χ3v) is 4.50. The summed E-state index contributed by atoms with van der Waals surface area (Å²) in [5.74, 6) is 0.408. The fraction of sp³-hybridized carbons (Fsp3) is 0.316. The molecule has 2 atom stereocenters. The topological polar surface area (TPSA) is 64.9 Å². The molecule has 0 aliphatic carbocycles. The van der Waals surface area contributed by atoms with Gasteiger partial charge in [-0.2, -0.15) is 18.0 Å². The molecule has 0 aliphatic heterocycles. The summed E-state index contributed by atoms with van der Waals surface area (Å²) in [6, 6.07) is 12.0. The van der Waals surface area contributed by atoms with Crippen molar-refractivity contribution in [3.05, 3.63) is 54.1 Å². The molecule has 148 valence electrons. The SMILES string of the molecule is CO[C@H](C)[C@@H](C)n1nnc(-c2ccccc2Nc2ccc(C(F)(F)F)cc2)n1. The fourth-order valence-corrected chi connectivity index (χ4v) is 2.58. The van der Waals surface area contributed by atoms with Crippen LogP contribution in [0, 0.1) is 0 Å². The number of tetrazole rings is 1. The number of ether oxygens (including phenoxy) is 1. The van der Waals surface area contributed by atoms with Crippen molar-refractivity contribution >= 4 is 11.4 Å². The minimum Gasteiger partial charge on any atom is -0.379 e. The molecule has 3 aromatic rings. The standard InChI is InChI=1S/C19H20F3N5O/c1-12(13(2)28-3)27-25-18(24-26-27)16-6-4-5-7-17(16)23-15-10-8-14(9-11-15)19(20,21)22/h4-13,23H,1-3H3/t12-,13-/m1/s1. The van der Waals surface area contributed by atoms with Gasteiger partial charge in [0.15, 0.2) is 0 Å². The van der Waals surface area contributed by atoms with Crippen molar-refractivity contribution in [3.8, 4) is 11.4 Å². The molecular weight excluding hydrogens is 371 g/mol. The molecule has 0 aliphatic rings. The Morgan fingerprint density at radius 1 is 1.04 bits per heavy atom. The van der Waals surface area contributed by atoms with Gasteiger partial charge in [0.25, 0.3) is 0 Å². The second-order valence-corrected chi connectivity index (χ2v) is 6.36. The molecule has 0 saturated carbocycles. The van der Waals surface area contributed by atoms with Gasteiger partial charge in [-0.05, 0) is 55.5 Å². The van der Waals surface area contributed by atoms with Crippen LogP contribution in [0.3, 0.4) is 0 Å². The number of nitrogens with one attached hydrogen (secondary N) is 1. The van der Waals surface area contributed by atoms with E-state index in [1.54, 1.807) is 13.2 Å². The number of methoxy groups -OCH3 is 1. The van der Waals surface area contributed by atoms with Crippen molar-refractivity contribution in [2.45, 2.75) is 32.2 Å². The molecule has 6 nitrogen and oxygen atoms in total. The van der Waals surface area contributed by atoms with Crippen LogP contribution >= 0.6 is 0 Å². The van der Waals surface area contributed by atoms with Crippen LogP contribution in [0.15, 0.2) is 48.5 Å². The molecule has 0 saturated heterocycles. The average Bonchev–Trinajstić information content (AvgIpc) is 3.17. The maximum atomic E-state index is 12.7. The summed E-state index contributed by atoms with van der Waals surface area (Å²) in [6.45, 7) is 3.83. The quantitative estimate of drug-likeness (QED) is 0.660. The van der Waals surface area contributed by atoms with Gasteiger partial charge in [0.05, 0.1) is 17.7 Å². The van der Waals surface area contributed by atoms with E-state index in [4.69, 9.17) is 4.74 Å². The zero-order chi connectivity index (χ0) is 20.3. The molecule has 0 radical (unpaired) electrons. The van der Waals surface area contributed by atoms with Crippen LogP contribution in [0.1, 0.15) is 25.5 Å². The van der Waals surface area contributed by atoms with E-state index in [9.17, 15) is 13.2 Å². The van der Waals surface area contributed by atoms with Crippen LogP contribution in [0.2, 0.25) is 0 Å². The Kier molecular flexibility index (Phi) is 5.64. The van der Waals surface area contributed by atoms with Crippen LogP contribution in [0.4, 0.5) is 24.5 Å². The van der Waals surface area contributed by atoms with Gasteiger partial charge in [0.2, 0.25) is 5.82 Å².